The number of rotatable bonds is 4. The van der Waals surface area contributed by atoms with Crippen molar-refractivity contribution in [1.82, 2.24) is 0 Å². The van der Waals surface area contributed by atoms with Gasteiger partial charge in [0, 0.05) is 11.0 Å². The molecule has 1 aromatic heterocycles. The fourth-order valence-electron chi connectivity index (χ4n) is 0.922. The number of carbonyl (C=O) groups is 1. The highest BCUT2D eigenvalue weighted by molar-refractivity contribution is 5.92. The van der Waals surface area contributed by atoms with Gasteiger partial charge in [-0.1, -0.05) is 5.11 Å². The predicted octanol–water partition coefficient (Wildman–Crippen LogP) is 2.63. The van der Waals surface area contributed by atoms with Crippen molar-refractivity contribution in [3.05, 3.63) is 40.0 Å². The van der Waals surface area contributed by atoms with Gasteiger partial charge in [0.1, 0.15) is 11.5 Å². The summed E-state index contributed by atoms with van der Waals surface area (Å²) in [4.78, 5) is 13.7. The highest BCUT2D eigenvalue weighted by Crippen LogP contribution is 2.12. The van der Waals surface area contributed by atoms with E-state index < -0.39 is 12.0 Å². The van der Waals surface area contributed by atoms with Gasteiger partial charge in [0.15, 0.2) is 0 Å². The predicted molar refractivity (Wildman–Crippen MR) is 52.4 cm³/mol. The number of carbonyl (C=O) groups excluding carboxylic acids is 1. The van der Waals surface area contributed by atoms with Gasteiger partial charge < -0.3 is 9.15 Å². The van der Waals surface area contributed by atoms with E-state index in [0.29, 0.717) is 0 Å². The number of hydrogen-bond donors (Lipinski definition) is 0. The average Bonchev–Trinajstić information content (AvgIpc) is 2.64. The Labute approximate surface area is 89.9 Å². The molecule has 0 aliphatic heterocycles. The Kier molecular flexibility index (Phi) is 4.11. The molecule has 0 aliphatic carbocycles. The van der Waals surface area contributed by atoms with Crippen LogP contribution in [0.1, 0.15) is 12.7 Å². The fraction of sp³-hybridized carbons (Fsp3) is 0.222. The van der Waals surface area contributed by atoms with Gasteiger partial charge >= 0.3 is 5.97 Å². The lowest BCUT2D eigenvalue weighted by Gasteiger charge is -1.99. The zero-order chi connectivity index (χ0) is 12.0. The molecule has 1 rings (SSSR count). The van der Waals surface area contributed by atoms with Gasteiger partial charge in [0.2, 0.25) is 0 Å². The molecule has 6 nitrogen and oxygen atoms in total. The van der Waals surface area contributed by atoms with Crippen molar-refractivity contribution >= 4 is 12.0 Å². The zero-order valence-corrected chi connectivity index (χ0v) is 8.38. The van der Waals surface area contributed by atoms with E-state index in [0.717, 1.165) is 12.1 Å². The minimum absolute atomic E-state index is 0.0629. The summed E-state index contributed by atoms with van der Waals surface area (Å²) in [6, 6.07) is 1.57. The lowest BCUT2D eigenvalue weighted by Crippen LogP contribution is -2.05. The van der Waals surface area contributed by atoms with Crippen molar-refractivity contribution in [3.63, 3.8) is 0 Å². The van der Waals surface area contributed by atoms with Gasteiger partial charge in [-0.15, -0.1) is 0 Å². The number of esters is 1. The molecule has 0 unspecified atom stereocenters. The summed E-state index contributed by atoms with van der Waals surface area (Å²) in [5, 5.41) is 3.13. The summed E-state index contributed by atoms with van der Waals surface area (Å²) in [7, 11) is 0. The van der Waals surface area contributed by atoms with Crippen LogP contribution in [0, 0.1) is 6.01 Å². The van der Waals surface area contributed by atoms with Crippen LogP contribution in [0.5, 0.6) is 0 Å². The van der Waals surface area contributed by atoms with Gasteiger partial charge in [-0.25, -0.2) is 4.79 Å². The van der Waals surface area contributed by atoms with Crippen molar-refractivity contribution in [2.45, 2.75) is 6.92 Å². The molecule has 0 bridgehead atoms. The molecule has 7 heteroatoms. The molecule has 0 aliphatic rings. The molecule has 0 saturated heterocycles. The molecule has 84 valence electrons. The molecule has 16 heavy (non-hydrogen) atoms. The van der Waals surface area contributed by atoms with E-state index >= 15 is 0 Å². The first-order chi connectivity index (χ1) is 7.67. The molecular formula is C9H8FN3O3. The van der Waals surface area contributed by atoms with E-state index in [1.165, 1.54) is 6.07 Å². The number of halogens is 1. The minimum Gasteiger partial charge on any atom is -0.462 e. The van der Waals surface area contributed by atoms with Crippen LogP contribution in [-0.2, 0) is 9.53 Å². The van der Waals surface area contributed by atoms with Crippen molar-refractivity contribution in [3.8, 4) is 0 Å². The molecule has 0 amide bonds. The summed E-state index contributed by atoms with van der Waals surface area (Å²) in [5.74, 6) is -0.731. The van der Waals surface area contributed by atoms with E-state index in [4.69, 9.17) is 5.53 Å². The molecule has 0 spiro atoms. The normalized spacial score (nSPS) is 10.8. The van der Waals surface area contributed by atoms with Gasteiger partial charge in [-0.05, 0) is 24.6 Å². The first-order valence-electron chi connectivity index (χ1n) is 4.36. The average molecular weight is 225 g/mol. The molecule has 0 atom stereocenters. The summed E-state index contributed by atoms with van der Waals surface area (Å²) in [6.45, 7) is 1.75. The van der Waals surface area contributed by atoms with E-state index in [1.54, 1.807) is 6.92 Å². The molecule has 0 saturated carbocycles. The number of furan rings is 1. The van der Waals surface area contributed by atoms with E-state index in [2.05, 4.69) is 19.2 Å². The minimum atomic E-state index is -0.796. The van der Waals surface area contributed by atoms with Crippen molar-refractivity contribution in [1.29, 1.82) is 0 Å². The van der Waals surface area contributed by atoms with Crippen LogP contribution in [0.4, 0.5) is 4.39 Å². The first-order valence-corrected chi connectivity index (χ1v) is 4.36. The van der Waals surface area contributed by atoms with E-state index in [9.17, 15) is 9.18 Å². The van der Waals surface area contributed by atoms with Gasteiger partial charge in [-0.2, -0.15) is 4.39 Å². The largest absolute Gasteiger partial charge is 0.462 e. The van der Waals surface area contributed by atoms with Crippen LogP contribution >= 0.6 is 0 Å². The van der Waals surface area contributed by atoms with Gasteiger partial charge in [-0.3, -0.25) is 0 Å². The zero-order valence-electron chi connectivity index (χ0n) is 8.38. The van der Waals surface area contributed by atoms with Gasteiger partial charge in [0.05, 0.1) is 6.61 Å². The van der Waals surface area contributed by atoms with Crippen LogP contribution in [-0.4, -0.2) is 12.6 Å². The number of azide groups is 1. The Hall–Kier alpha value is -2.27. The second kappa shape index (κ2) is 5.57. The van der Waals surface area contributed by atoms with Crippen LogP contribution in [0.3, 0.4) is 0 Å². The molecular weight excluding hydrogens is 217 g/mol. The van der Waals surface area contributed by atoms with Crippen molar-refractivity contribution < 1.29 is 18.3 Å². The quantitative estimate of drug-likeness (QED) is 0.259. The molecule has 0 radical (unpaired) electrons. The highest BCUT2D eigenvalue weighted by Gasteiger charge is 2.09. The Morgan fingerprint density at radius 3 is 3.00 bits per heavy atom. The standard InChI is InChI=1S/C9H8FN3O3/c1-2-15-9(14)7(12-13-11)5-6-3-4-8(10)16-6/h3-5H,2H2,1H3. The molecule has 0 N–H and O–H groups in total. The second-order valence-corrected chi connectivity index (χ2v) is 2.58. The van der Waals surface area contributed by atoms with Crippen molar-refractivity contribution in [2.24, 2.45) is 5.11 Å². The first kappa shape index (κ1) is 11.8. The van der Waals surface area contributed by atoms with E-state index in [1.807, 2.05) is 0 Å². The third-order valence-electron chi connectivity index (χ3n) is 1.51. The maximum absolute atomic E-state index is 12.5. The lowest BCUT2D eigenvalue weighted by molar-refractivity contribution is -0.138. The SMILES string of the molecule is CCOC(=O)C(=Cc1ccc(F)o1)N=[N+]=[N-]. The molecule has 1 aromatic rings. The Balaban J connectivity index is 2.97. The molecule has 1 heterocycles. The lowest BCUT2D eigenvalue weighted by atomic mass is 10.3. The Morgan fingerprint density at radius 1 is 1.75 bits per heavy atom. The summed E-state index contributed by atoms with van der Waals surface area (Å²) < 4.78 is 21.7. The summed E-state index contributed by atoms with van der Waals surface area (Å²) in [6.07, 6.45) is 1.10. The van der Waals surface area contributed by atoms with Crippen LogP contribution in [0.2, 0.25) is 0 Å². The van der Waals surface area contributed by atoms with E-state index in [-0.39, 0.29) is 18.1 Å². The smallest absolute Gasteiger partial charge is 0.340 e. The second-order valence-electron chi connectivity index (χ2n) is 2.58. The topological polar surface area (TPSA) is 88.2 Å². The van der Waals surface area contributed by atoms with Crippen molar-refractivity contribution in [2.75, 3.05) is 6.61 Å². The number of hydrogen-bond acceptors (Lipinski definition) is 4. The fourth-order valence-corrected chi connectivity index (χ4v) is 0.922. The monoisotopic (exact) mass is 225 g/mol. The number of nitrogens with zero attached hydrogens (tertiary/aromatic N) is 3. The third kappa shape index (κ3) is 3.14. The van der Waals surface area contributed by atoms with Gasteiger partial charge in [0.25, 0.3) is 6.01 Å². The Bertz CT molecular complexity index is 460. The van der Waals surface area contributed by atoms with Crippen LogP contribution in [0.25, 0.3) is 16.5 Å². The maximum Gasteiger partial charge on any atom is 0.340 e. The summed E-state index contributed by atoms with van der Waals surface area (Å²) >= 11 is 0. The van der Waals surface area contributed by atoms with Crippen LogP contribution in [0.15, 0.2) is 27.4 Å². The Morgan fingerprint density at radius 2 is 2.50 bits per heavy atom. The third-order valence-corrected chi connectivity index (χ3v) is 1.51. The number of ether oxygens (including phenoxy) is 1. The summed E-state index contributed by atoms with van der Waals surface area (Å²) in [5.41, 5.74) is 7.95. The maximum atomic E-state index is 12.5. The van der Waals surface area contributed by atoms with Crippen LogP contribution < -0.4 is 0 Å². The molecule has 0 fully saturated rings. The highest BCUT2D eigenvalue weighted by atomic mass is 19.1. The molecule has 0 aromatic carbocycles.